The summed E-state index contributed by atoms with van der Waals surface area (Å²) in [5.74, 6) is 0.843. The number of piperidine rings is 1. The lowest BCUT2D eigenvalue weighted by Gasteiger charge is -2.32. The fourth-order valence-corrected chi connectivity index (χ4v) is 4.20. The molecule has 1 aliphatic heterocycles. The molecule has 160 valence electrons. The summed E-state index contributed by atoms with van der Waals surface area (Å²) in [4.78, 5) is 12.1. The Balaban J connectivity index is 1.68. The highest BCUT2D eigenvalue weighted by Crippen LogP contribution is 2.30. The predicted molar refractivity (Wildman–Crippen MR) is 121 cm³/mol. The van der Waals surface area contributed by atoms with Gasteiger partial charge in [-0.25, -0.2) is 4.98 Å². The first-order valence-electron chi connectivity index (χ1n) is 10.9. The number of ether oxygens (including phenoxy) is 1. The second-order valence-corrected chi connectivity index (χ2v) is 7.85. The van der Waals surface area contributed by atoms with Gasteiger partial charge in [0.2, 0.25) is 5.95 Å². The molecule has 0 bridgehead atoms. The van der Waals surface area contributed by atoms with Crippen LogP contribution < -0.4 is 11.1 Å². The Morgan fingerprint density at radius 1 is 1.13 bits per heavy atom. The van der Waals surface area contributed by atoms with E-state index in [1.54, 1.807) is 0 Å². The second-order valence-electron chi connectivity index (χ2n) is 7.85. The summed E-state index contributed by atoms with van der Waals surface area (Å²) in [6.07, 6.45) is 1.82. The van der Waals surface area contributed by atoms with Crippen molar-refractivity contribution in [3.05, 3.63) is 53.9 Å². The number of aromatic nitrogens is 3. The number of aryl methyl sites for hydroxylation is 1. The lowest BCUT2D eigenvalue weighted by atomic mass is 10.1. The van der Waals surface area contributed by atoms with E-state index < -0.39 is 0 Å². The molecule has 0 radical (unpaired) electrons. The minimum atomic E-state index is -0.331. The third kappa shape index (κ3) is 4.48. The number of nitrogens with one attached hydrogen (secondary N) is 1. The monoisotopic (exact) mass is 408 g/mol. The molecule has 1 atom stereocenters. The number of pyridine rings is 1. The number of imidazole rings is 1. The highest BCUT2D eigenvalue weighted by atomic mass is 16.5. The molecule has 1 aromatic carbocycles. The summed E-state index contributed by atoms with van der Waals surface area (Å²) in [5.41, 5.74) is 9.58. The van der Waals surface area contributed by atoms with Crippen molar-refractivity contribution in [3.63, 3.8) is 0 Å². The number of hydrogen-bond donors (Lipinski definition) is 2. The zero-order valence-electron chi connectivity index (χ0n) is 17.9. The molecular formula is C23H32N6O. The minimum Gasteiger partial charge on any atom is -0.353 e. The largest absolute Gasteiger partial charge is 0.353 e. The van der Waals surface area contributed by atoms with E-state index in [9.17, 15) is 0 Å². The van der Waals surface area contributed by atoms with E-state index in [-0.39, 0.29) is 6.23 Å². The van der Waals surface area contributed by atoms with E-state index in [0.717, 1.165) is 60.8 Å². The van der Waals surface area contributed by atoms with E-state index in [0.29, 0.717) is 19.2 Å². The van der Waals surface area contributed by atoms with Gasteiger partial charge in [-0.15, -0.1) is 0 Å². The second kappa shape index (κ2) is 9.55. The van der Waals surface area contributed by atoms with Crippen LogP contribution in [0.4, 0.5) is 5.95 Å². The van der Waals surface area contributed by atoms with Crippen molar-refractivity contribution in [1.82, 2.24) is 19.4 Å². The Morgan fingerprint density at radius 3 is 2.67 bits per heavy atom. The van der Waals surface area contributed by atoms with Gasteiger partial charge >= 0.3 is 0 Å². The number of nitrogens with two attached hydrogens (primary N) is 1. The van der Waals surface area contributed by atoms with E-state index in [2.05, 4.69) is 20.9 Å². The molecule has 0 aliphatic carbocycles. The number of rotatable bonds is 8. The van der Waals surface area contributed by atoms with E-state index >= 15 is 0 Å². The number of fused-ring (bicyclic) bond motifs is 1. The van der Waals surface area contributed by atoms with Gasteiger partial charge in [-0.3, -0.25) is 9.55 Å². The molecular weight excluding hydrogens is 376 g/mol. The summed E-state index contributed by atoms with van der Waals surface area (Å²) < 4.78 is 8.37. The standard InChI is InChI=1S/C23H32N6O/c1-3-30-22(20-9-6-7-17(2)25-20)29-21-10-5-4-8-19(21)27-23(29)26-18-11-14-28(15-12-18)16-13-24/h4-10,18,22H,3,11-16,24H2,1-2H3,(H,26,27). The van der Waals surface area contributed by atoms with Crippen molar-refractivity contribution in [3.8, 4) is 0 Å². The molecule has 1 saturated heterocycles. The van der Waals surface area contributed by atoms with E-state index in [1.807, 2.05) is 50.2 Å². The van der Waals surface area contributed by atoms with Crippen molar-refractivity contribution in [2.75, 3.05) is 38.1 Å². The molecule has 3 N–H and O–H groups in total. The van der Waals surface area contributed by atoms with Crippen LogP contribution in [0, 0.1) is 6.92 Å². The first-order chi connectivity index (χ1) is 14.7. The van der Waals surface area contributed by atoms with E-state index in [1.165, 1.54) is 0 Å². The van der Waals surface area contributed by atoms with Gasteiger partial charge in [0, 0.05) is 44.5 Å². The Morgan fingerprint density at radius 2 is 1.93 bits per heavy atom. The number of para-hydroxylation sites is 2. The molecule has 7 nitrogen and oxygen atoms in total. The molecule has 1 aliphatic rings. The summed E-state index contributed by atoms with van der Waals surface area (Å²) in [6.45, 7) is 8.41. The quantitative estimate of drug-likeness (QED) is 0.596. The van der Waals surface area contributed by atoms with Crippen LogP contribution in [0.5, 0.6) is 0 Å². The molecule has 1 fully saturated rings. The number of hydrogen-bond acceptors (Lipinski definition) is 6. The van der Waals surface area contributed by atoms with Gasteiger partial charge in [0.15, 0.2) is 6.23 Å². The molecule has 0 spiro atoms. The smallest absolute Gasteiger partial charge is 0.206 e. The van der Waals surface area contributed by atoms with Crippen LogP contribution in [0.15, 0.2) is 42.5 Å². The van der Waals surface area contributed by atoms with Gasteiger partial charge in [0.25, 0.3) is 0 Å². The number of anilines is 1. The summed E-state index contributed by atoms with van der Waals surface area (Å²) in [5, 5.41) is 3.71. The molecule has 2 aromatic heterocycles. The van der Waals surface area contributed by atoms with Crippen molar-refractivity contribution in [2.24, 2.45) is 5.73 Å². The van der Waals surface area contributed by atoms with Crippen LogP contribution in [0.3, 0.4) is 0 Å². The Kier molecular flexibility index (Phi) is 6.62. The first kappa shape index (κ1) is 20.8. The van der Waals surface area contributed by atoms with Gasteiger partial charge in [0.1, 0.15) is 0 Å². The highest BCUT2D eigenvalue weighted by molar-refractivity contribution is 5.79. The lowest BCUT2D eigenvalue weighted by molar-refractivity contribution is 0.0419. The molecule has 1 unspecified atom stereocenters. The van der Waals surface area contributed by atoms with Crippen LogP contribution in [0.25, 0.3) is 11.0 Å². The Bertz CT molecular complexity index is 963. The maximum absolute atomic E-state index is 6.21. The molecule has 3 aromatic rings. The third-order valence-corrected chi connectivity index (χ3v) is 5.68. The van der Waals surface area contributed by atoms with Crippen molar-refractivity contribution < 1.29 is 4.74 Å². The van der Waals surface area contributed by atoms with Gasteiger partial charge < -0.3 is 20.7 Å². The molecule has 3 heterocycles. The third-order valence-electron chi connectivity index (χ3n) is 5.68. The summed E-state index contributed by atoms with van der Waals surface area (Å²) >= 11 is 0. The molecule has 4 rings (SSSR count). The Labute approximate surface area is 178 Å². The normalized spacial score (nSPS) is 16.8. The lowest BCUT2D eigenvalue weighted by Crippen LogP contribution is -2.41. The fraction of sp³-hybridized carbons (Fsp3) is 0.478. The highest BCUT2D eigenvalue weighted by Gasteiger charge is 2.25. The minimum absolute atomic E-state index is 0.331. The average Bonchev–Trinajstić information content (AvgIpc) is 3.11. The molecule has 30 heavy (non-hydrogen) atoms. The maximum Gasteiger partial charge on any atom is 0.206 e. The molecule has 0 amide bonds. The molecule has 7 heteroatoms. The van der Waals surface area contributed by atoms with Crippen LogP contribution in [-0.4, -0.2) is 58.3 Å². The Hall–Kier alpha value is -2.48. The zero-order chi connectivity index (χ0) is 20.9. The number of benzene rings is 1. The van der Waals surface area contributed by atoms with Crippen molar-refractivity contribution in [1.29, 1.82) is 0 Å². The van der Waals surface area contributed by atoms with Crippen LogP contribution in [-0.2, 0) is 4.74 Å². The van der Waals surface area contributed by atoms with Crippen LogP contribution in [0.1, 0.15) is 37.4 Å². The SMILES string of the molecule is CCOC(c1cccc(C)n1)n1c(NC2CCN(CCN)CC2)nc2ccccc21. The van der Waals surface area contributed by atoms with Crippen molar-refractivity contribution in [2.45, 2.75) is 39.0 Å². The topological polar surface area (TPSA) is 81.2 Å². The van der Waals surface area contributed by atoms with Gasteiger partial charge in [-0.05, 0) is 51.0 Å². The number of nitrogens with zero attached hydrogens (tertiary/aromatic N) is 4. The zero-order valence-corrected chi connectivity index (χ0v) is 17.9. The van der Waals surface area contributed by atoms with Crippen LogP contribution in [0.2, 0.25) is 0 Å². The summed E-state index contributed by atoms with van der Waals surface area (Å²) in [7, 11) is 0. The van der Waals surface area contributed by atoms with Gasteiger partial charge in [0.05, 0.1) is 16.7 Å². The van der Waals surface area contributed by atoms with Gasteiger partial charge in [-0.2, -0.15) is 0 Å². The van der Waals surface area contributed by atoms with Crippen molar-refractivity contribution >= 4 is 17.0 Å². The predicted octanol–water partition coefficient (Wildman–Crippen LogP) is 3.16. The van der Waals surface area contributed by atoms with E-state index in [4.69, 9.17) is 20.4 Å². The number of likely N-dealkylation sites (tertiary alicyclic amines) is 1. The fourth-order valence-electron chi connectivity index (χ4n) is 4.20. The maximum atomic E-state index is 6.21. The van der Waals surface area contributed by atoms with Crippen LogP contribution >= 0.6 is 0 Å². The average molecular weight is 409 g/mol. The summed E-state index contributed by atoms with van der Waals surface area (Å²) in [6, 6.07) is 14.7. The molecule has 0 saturated carbocycles. The first-order valence-corrected chi connectivity index (χ1v) is 10.9. The van der Waals surface area contributed by atoms with Gasteiger partial charge in [-0.1, -0.05) is 18.2 Å².